The molecule has 0 unspecified atom stereocenters. The molecule has 5 nitrogen and oxygen atoms in total. The summed E-state index contributed by atoms with van der Waals surface area (Å²) in [6, 6.07) is -1.02. The van der Waals surface area contributed by atoms with Crippen molar-refractivity contribution in [2.24, 2.45) is 5.92 Å². The van der Waals surface area contributed by atoms with E-state index in [1.165, 1.54) is 0 Å². The first kappa shape index (κ1) is 14.2. The Morgan fingerprint density at radius 3 is 2.35 bits per heavy atom. The number of hydrogen-bond acceptors (Lipinski definition) is 3. The highest BCUT2D eigenvalue weighted by Gasteiger charge is 2.24. The fraction of sp³-hybridized carbons (Fsp3) is 0.818. The van der Waals surface area contributed by atoms with Gasteiger partial charge in [-0.3, -0.25) is 0 Å². The summed E-state index contributed by atoms with van der Waals surface area (Å²) in [5.74, 6) is 0.990. The molecule has 3 N–H and O–H groups in total. The lowest BCUT2D eigenvalue weighted by molar-refractivity contribution is -0.140. The summed E-state index contributed by atoms with van der Waals surface area (Å²) in [5.41, 5.74) is 0. The Morgan fingerprint density at radius 1 is 1.29 bits per heavy atom. The van der Waals surface area contributed by atoms with Crippen LogP contribution in [0, 0.1) is 5.92 Å². The first-order valence-electron chi connectivity index (χ1n) is 5.88. The molecule has 98 valence electrons. The molecule has 0 aliphatic carbocycles. The second kappa shape index (κ2) is 6.74. The van der Waals surface area contributed by atoms with Crippen molar-refractivity contribution in [1.29, 1.82) is 0 Å². The van der Waals surface area contributed by atoms with Gasteiger partial charge in [0.15, 0.2) is 0 Å². The highest BCUT2D eigenvalue weighted by Crippen LogP contribution is 2.16. The highest BCUT2D eigenvalue weighted by molar-refractivity contribution is 7.99. The Kier molecular flexibility index (Phi) is 5.61. The molecule has 1 rings (SSSR count). The van der Waals surface area contributed by atoms with Crippen LogP contribution in [-0.2, 0) is 4.79 Å². The summed E-state index contributed by atoms with van der Waals surface area (Å²) in [6.45, 7) is 3.55. The minimum Gasteiger partial charge on any atom is -0.480 e. The molecular weight excluding hydrogens is 240 g/mol. The van der Waals surface area contributed by atoms with Crippen LogP contribution >= 0.6 is 11.8 Å². The summed E-state index contributed by atoms with van der Waals surface area (Å²) in [6.07, 6.45) is 1.91. The molecule has 0 bridgehead atoms. The molecule has 1 atom stereocenters. The zero-order valence-electron chi connectivity index (χ0n) is 10.2. The summed E-state index contributed by atoms with van der Waals surface area (Å²) in [7, 11) is 0. The Morgan fingerprint density at radius 2 is 1.88 bits per heavy atom. The van der Waals surface area contributed by atoms with Crippen molar-refractivity contribution in [2.45, 2.75) is 38.8 Å². The maximum Gasteiger partial charge on any atom is 0.326 e. The second-order valence-electron chi connectivity index (χ2n) is 4.56. The van der Waals surface area contributed by atoms with Gasteiger partial charge in [-0.1, -0.05) is 13.8 Å². The number of urea groups is 1. The molecular formula is C11H20N2O3S. The average molecular weight is 260 g/mol. The maximum atomic E-state index is 11.6. The van der Waals surface area contributed by atoms with E-state index in [0.717, 1.165) is 24.3 Å². The van der Waals surface area contributed by atoms with Gasteiger partial charge in [-0.05, 0) is 30.3 Å². The standard InChI is InChI=1S/C11H20N2O3S/c1-7(2)9(10(14)15)13-11(16)12-8-3-5-17-6-4-8/h7-9H,3-6H2,1-2H3,(H,14,15)(H2,12,13,16)/t9-/m0/s1. The SMILES string of the molecule is CC(C)[C@H](NC(=O)NC1CCSCC1)C(=O)O. The molecule has 0 spiro atoms. The molecule has 1 fully saturated rings. The molecule has 0 saturated carbocycles. The number of nitrogens with one attached hydrogen (secondary N) is 2. The van der Waals surface area contributed by atoms with Crippen LogP contribution in [0.25, 0.3) is 0 Å². The number of carbonyl (C=O) groups excluding carboxylic acids is 1. The predicted octanol–water partition coefficient (Wildman–Crippen LogP) is 1.29. The smallest absolute Gasteiger partial charge is 0.326 e. The summed E-state index contributed by atoms with van der Waals surface area (Å²) < 4.78 is 0. The van der Waals surface area contributed by atoms with Crippen LogP contribution in [0.4, 0.5) is 4.79 Å². The zero-order valence-corrected chi connectivity index (χ0v) is 11.0. The third-order valence-corrected chi connectivity index (χ3v) is 3.82. The minimum atomic E-state index is -0.991. The van der Waals surface area contributed by atoms with E-state index in [2.05, 4.69) is 10.6 Å². The van der Waals surface area contributed by atoms with Crippen molar-refractivity contribution < 1.29 is 14.7 Å². The number of amides is 2. The topological polar surface area (TPSA) is 78.4 Å². The van der Waals surface area contributed by atoms with Gasteiger partial charge in [0.2, 0.25) is 0 Å². The van der Waals surface area contributed by atoms with E-state index in [4.69, 9.17) is 5.11 Å². The van der Waals surface area contributed by atoms with Crippen molar-refractivity contribution in [2.75, 3.05) is 11.5 Å². The lowest BCUT2D eigenvalue weighted by Crippen LogP contribution is -2.51. The van der Waals surface area contributed by atoms with Crippen molar-refractivity contribution in [1.82, 2.24) is 10.6 Å². The number of carbonyl (C=O) groups is 2. The van der Waals surface area contributed by atoms with Crippen LogP contribution in [-0.4, -0.2) is 40.7 Å². The van der Waals surface area contributed by atoms with E-state index in [9.17, 15) is 9.59 Å². The van der Waals surface area contributed by atoms with Crippen LogP contribution in [0.1, 0.15) is 26.7 Å². The van der Waals surface area contributed by atoms with Crippen molar-refractivity contribution in [3.05, 3.63) is 0 Å². The number of carboxylic acid groups (broad SMARTS) is 1. The first-order chi connectivity index (χ1) is 8.00. The second-order valence-corrected chi connectivity index (χ2v) is 5.79. The van der Waals surface area contributed by atoms with Crippen LogP contribution in [0.5, 0.6) is 0 Å². The lowest BCUT2D eigenvalue weighted by atomic mass is 10.1. The molecule has 0 aromatic rings. The van der Waals surface area contributed by atoms with Crippen molar-refractivity contribution in [3.63, 3.8) is 0 Å². The van der Waals surface area contributed by atoms with E-state index >= 15 is 0 Å². The number of carboxylic acids is 1. The minimum absolute atomic E-state index is 0.125. The molecule has 0 radical (unpaired) electrons. The monoisotopic (exact) mass is 260 g/mol. The van der Waals surface area contributed by atoms with Gasteiger partial charge in [-0.25, -0.2) is 9.59 Å². The van der Waals surface area contributed by atoms with Crippen LogP contribution in [0.2, 0.25) is 0 Å². The lowest BCUT2D eigenvalue weighted by Gasteiger charge is -2.24. The first-order valence-corrected chi connectivity index (χ1v) is 7.03. The fourth-order valence-electron chi connectivity index (χ4n) is 1.72. The predicted molar refractivity (Wildman–Crippen MR) is 68.3 cm³/mol. The van der Waals surface area contributed by atoms with E-state index < -0.39 is 12.0 Å². The van der Waals surface area contributed by atoms with Gasteiger partial charge >= 0.3 is 12.0 Å². The summed E-state index contributed by atoms with van der Waals surface area (Å²) >= 11 is 1.88. The van der Waals surface area contributed by atoms with Crippen molar-refractivity contribution in [3.8, 4) is 0 Å². The molecule has 1 aliphatic heterocycles. The van der Waals surface area contributed by atoms with Gasteiger partial charge in [0.05, 0.1) is 0 Å². The van der Waals surface area contributed by atoms with Crippen LogP contribution in [0.15, 0.2) is 0 Å². The summed E-state index contributed by atoms with van der Waals surface area (Å²) in [4.78, 5) is 22.6. The third kappa shape index (κ3) is 4.85. The Balaban J connectivity index is 2.38. The number of hydrogen-bond donors (Lipinski definition) is 3. The Labute approximate surface area is 106 Å². The van der Waals surface area contributed by atoms with Gasteiger partial charge in [-0.15, -0.1) is 0 Å². The van der Waals surface area contributed by atoms with Gasteiger partial charge in [-0.2, -0.15) is 11.8 Å². The molecule has 2 amide bonds. The number of rotatable bonds is 4. The normalized spacial score (nSPS) is 18.8. The quantitative estimate of drug-likeness (QED) is 0.711. The molecule has 1 aliphatic rings. The average Bonchev–Trinajstić information content (AvgIpc) is 2.26. The van der Waals surface area contributed by atoms with Gasteiger partial charge in [0.1, 0.15) is 6.04 Å². The summed E-state index contributed by atoms with van der Waals surface area (Å²) in [5, 5.41) is 14.3. The van der Waals surface area contributed by atoms with E-state index in [-0.39, 0.29) is 18.0 Å². The molecule has 17 heavy (non-hydrogen) atoms. The number of thioether (sulfide) groups is 1. The van der Waals surface area contributed by atoms with Gasteiger partial charge in [0, 0.05) is 6.04 Å². The molecule has 0 aromatic carbocycles. The third-order valence-electron chi connectivity index (χ3n) is 2.78. The van der Waals surface area contributed by atoms with Crippen LogP contribution < -0.4 is 10.6 Å². The van der Waals surface area contributed by atoms with Gasteiger partial charge in [0.25, 0.3) is 0 Å². The van der Waals surface area contributed by atoms with E-state index in [1.807, 2.05) is 11.8 Å². The number of aliphatic carboxylic acids is 1. The molecule has 1 saturated heterocycles. The van der Waals surface area contributed by atoms with Crippen molar-refractivity contribution >= 4 is 23.8 Å². The molecule has 6 heteroatoms. The molecule has 1 heterocycles. The fourth-order valence-corrected chi connectivity index (χ4v) is 2.83. The molecule has 0 aromatic heterocycles. The largest absolute Gasteiger partial charge is 0.480 e. The van der Waals surface area contributed by atoms with Crippen LogP contribution in [0.3, 0.4) is 0 Å². The van der Waals surface area contributed by atoms with Gasteiger partial charge < -0.3 is 15.7 Å². The highest BCUT2D eigenvalue weighted by atomic mass is 32.2. The zero-order chi connectivity index (χ0) is 12.8. The maximum absolute atomic E-state index is 11.6. The Bertz CT molecular complexity index is 278. The van der Waals surface area contributed by atoms with E-state index in [0.29, 0.717) is 0 Å². The Hall–Kier alpha value is -0.910. The van der Waals surface area contributed by atoms with E-state index in [1.54, 1.807) is 13.8 Å².